The van der Waals surface area contributed by atoms with Gasteiger partial charge in [0, 0.05) is 23.5 Å². The Morgan fingerprint density at radius 3 is 1.28 bits per heavy atom. The fourth-order valence-corrected chi connectivity index (χ4v) is 3.05. The van der Waals surface area contributed by atoms with Crippen molar-refractivity contribution in [1.82, 2.24) is 0 Å². The Bertz CT molecular complexity index is 1130. The number of alkyl halides is 8. The highest BCUT2D eigenvalue weighted by molar-refractivity contribution is 5.99. The summed E-state index contributed by atoms with van der Waals surface area (Å²) in [5, 5.41) is 2.45. The largest absolute Gasteiger partial charge is 0.454 e. The molecule has 0 spiro atoms. The minimum Gasteiger partial charge on any atom is -0.454 e. The van der Waals surface area contributed by atoms with Crippen molar-refractivity contribution in [2.75, 3.05) is 24.2 Å². The number of hydrogen-bond acceptors (Lipinski definition) is 6. The molecule has 0 atom stereocenters. The number of halogens is 8. The van der Waals surface area contributed by atoms with Crippen LogP contribution in [0.25, 0.3) is 0 Å². The van der Waals surface area contributed by atoms with Crippen LogP contribution < -0.4 is 29.6 Å². The molecule has 8 nitrogen and oxygen atoms in total. The number of carbonyl (C=O) groups excluding carboxylic acids is 2. The van der Waals surface area contributed by atoms with E-state index in [-0.39, 0.29) is 36.6 Å². The van der Waals surface area contributed by atoms with E-state index in [0.717, 1.165) is 36.4 Å². The number of hydrogen-bond donors (Lipinski definition) is 2. The summed E-state index contributed by atoms with van der Waals surface area (Å²) >= 11 is 0. The van der Waals surface area contributed by atoms with Crippen LogP contribution in [0.2, 0.25) is 0 Å². The van der Waals surface area contributed by atoms with Gasteiger partial charge in [-0.15, -0.1) is 0 Å². The average molecular weight is 528 g/mol. The maximum atomic E-state index is 14.2. The number of benzene rings is 2. The lowest BCUT2D eigenvalue weighted by Crippen LogP contribution is -2.67. The molecule has 2 aromatic carbocycles. The van der Waals surface area contributed by atoms with Crippen molar-refractivity contribution >= 4 is 23.2 Å². The summed E-state index contributed by atoms with van der Waals surface area (Å²) in [4.78, 5) is 23.6. The third-order valence-electron chi connectivity index (χ3n) is 5.01. The molecular weight excluding hydrogens is 516 g/mol. The second kappa shape index (κ2) is 8.30. The van der Waals surface area contributed by atoms with Gasteiger partial charge in [-0.2, -0.15) is 35.1 Å². The SMILES string of the molecule is O=C(Nc1ccc2c(c1)OCO2)C(F)(F)C(F)(F)C(F)(F)C(F)(F)C(=O)Nc1ccc2c(c1)OCO2. The molecule has 0 unspecified atom stereocenters. The molecule has 194 valence electrons. The van der Waals surface area contributed by atoms with Crippen molar-refractivity contribution in [1.29, 1.82) is 0 Å². The number of anilines is 2. The van der Waals surface area contributed by atoms with E-state index >= 15 is 0 Å². The lowest BCUT2D eigenvalue weighted by molar-refractivity contribution is -0.345. The summed E-state index contributed by atoms with van der Waals surface area (Å²) in [5.41, 5.74) is -1.23. The fourth-order valence-electron chi connectivity index (χ4n) is 3.05. The van der Waals surface area contributed by atoms with Gasteiger partial charge in [-0.1, -0.05) is 0 Å². The van der Waals surface area contributed by atoms with Crippen LogP contribution in [0.1, 0.15) is 0 Å². The molecular formula is C20H12F8N2O6. The molecule has 2 aromatic rings. The predicted molar refractivity (Wildman–Crippen MR) is 102 cm³/mol. The van der Waals surface area contributed by atoms with Gasteiger partial charge in [-0.05, 0) is 24.3 Å². The van der Waals surface area contributed by atoms with E-state index in [4.69, 9.17) is 18.9 Å². The molecule has 36 heavy (non-hydrogen) atoms. The van der Waals surface area contributed by atoms with E-state index in [2.05, 4.69) is 0 Å². The van der Waals surface area contributed by atoms with Crippen LogP contribution in [-0.4, -0.2) is 49.1 Å². The number of amides is 2. The highest BCUT2D eigenvalue weighted by atomic mass is 19.4. The second-order valence-corrected chi connectivity index (χ2v) is 7.34. The van der Waals surface area contributed by atoms with Crippen LogP contribution >= 0.6 is 0 Å². The van der Waals surface area contributed by atoms with Crippen molar-refractivity contribution in [3.05, 3.63) is 36.4 Å². The number of rotatable bonds is 7. The normalized spacial score (nSPS) is 15.0. The van der Waals surface area contributed by atoms with Gasteiger partial charge in [-0.3, -0.25) is 9.59 Å². The van der Waals surface area contributed by atoms with Gasteiger partial charge in [0.2, 0.25) is 13.6 Å². The highest BCUT2D eigenvalue weighted by Gasteiger charge is 2.84. The topological polar surface area (TPSA) is 95.1 Å². The van der Waals surface area contributed by atoms with Gasteiger partial charge in [0.25, 0.3) is 0 Å². The van der Waals surface area contributed by atoms with Crippen molar-refractivity contribution in [2.24, 2.45) is 0 Å². The van der Waals surface area contributed by atoms with E-state index in [1.165, 1.54) is 10.6 Å². The van der Waals surface area contributed by atoms with Crippen molar-refractivity contribution in [2.45, 2.75) is 23.7 Å². The van der Waals surface area contributed by atoms with Crippen molar-refractivity contribution < 1.29 is 63.7 Å². The van der Waals surface area contributed by atoms with Crippen LogP contribution in [0.4, 0.5) is 46.5 Å². The Labute approximate surface area is 195 Å². The van der Waals surface area contributed by atoms with Crippen LogP contribution in [0.5, 0.6) is 23.0 Å². The van der Waals surface area contributed by atoms with Crippen LogP contribution in [0.3, 0.4) is 0 Å². The van der Waals surface area contributed by atoms with E-state index in [0.29, 0.717) is 0 Å². The molecule has 4 rings (SSSR count). The zero-order valence-electron chi connectivity index (χ0n) is 17.4. The maximum Gasteiger partial charge on any atom is 0.393 e. The predicted octanol–water partition coefficient (Wildman–Crippen LogP) is 4.26. The van der Waals surface area contributed by atoms with Gasteiger partial charge in [0.1, 0.15) is 0 Å². The van der Waals surface area contributed by atoms with Gasteiger partial charge in [-0.25, -0.2) is 0 Å². The summed E-state index contributed by atoms with van der Waals surface area (Å²) < 4.78 is 133. The monoisotopic (exact) mass is 528 g/mol. The Morgan fingerprint density at radius 2 is 0.917 bits per heavy atom. The first-order valence-electron chi connectivity index (χ1n) is 9.62. The minimum atomic E-state index is -7.03. The fraction of sp³-hybridized carbons (Fsp3) is 0.300. The van der Waals surface area contributed by atoms with Crippen LogP contribution in [0.15, 0.2) is 36.4 Å². The number of fused-ring (bicyclic) bond motifs is 2. The summed E-state index contributed by atoms with van der Waals surface area (Å²) in [6.07, 6.45) is 0. The molecule has 2 heterocycles. The van der Waals surface area contributed by atoms with E-state index in [1.807, 2.05) is 0 Å². The summed E-state index contributed by atoms with van der Waals surface area (Å²) in [7, 11) is 0. The smallest absolute Gasteiger partial charge is 0.393 e. The molecule has 16 heteroatoms. The molecule has 0 bridgehead atoms. The first kappa shape index (κ1) is 25.1. The van der Waals surface area contributed by atoms with Gasteiger partial charge < -0.3 is 29.6 Å². The Kier molecular flexibility index (Phi) is 5.80. The molecule has 2 amide bonds. The Morgan fingerprint density at radius 1 is 0.583 bits per heavy atom. The first-order valence-corrected chi connectivity index (χ1v) is 9.62. The third kappa shape index (κ3) is 3.85. The van der Waals surface area contributed by atoms with Crippen LogP contribution in [-0.2, 0) is 9.59 Å². The second-order valence-electron chi connectivity index (χ2n) is 7.34. The number of nitrogens with one attached hydrogen (secondary N) is 2. The van der Waals surface area contributed by atoms with E-state index in [1.54, 1.807) is 0 Å². The summed E-state index contributed by atoms with van der Waals surface area (Å²) in [6, 6.07) is 5.62. The van der Waals surface area contributed by atoms with Gasteiger partial charge >= 0.3 is 35.5 Å². The zero-order chi connectivity index (χ0) is 26.5. The van der Waals surface area contributed by atoms with Crippen molar-refractivity contribution in [3.8, 4) is 23.0 Å². The number of carbonyl (C=O) groups is 2. The lowest BCUT2D eigenvalue weighted by atomic mass is 9.97. The Balaban J connectivity index is 1.54. The summed E-state index contributed by atoms with van der Waals surface area (Å²) in [6.45, 7) is -0.562. The minimum absolute atomic E-state index is 0.0973. The molecule has 0 saturated carbocycles. The molecule has 2 aliphatic rings. The molecule has 0 aromatic heterocycles. The third-order valence-corrected chi connectivity index (χ3v) is 5.01. The quantitative estimate of drug-likeness (QED) is 0.522. The summed E-state index contributed by atoms with van der Waals surface area (Å²) in [5.74, 6) is -33.0. The van der Waals surface area contributed by atoms with Gasteiger partial charge in [0.05, 0.1) is 0 Å². The Hall–Kier alpha value is -3.98. The standard InChI is InChI=1S/C20H12F8N2O6/c21-17(22,15(31)29-9-1-3-11-13(5-9)35-7-33-11)19(25,26)20(27,28)18(23,24)16(32)30-10-2-4-12-14(6-10)36-8-34-12/h1-6H,7-8H2,(H,29,31)(H,30,32). The van der Waals surface area contributed by atoms with E-state index in [9.17, 15) is 44.7 Å². The molecule has 0 aliphatic carbocycles. The van der Waals surface area contributed by atoms with E-state index < -0.39 is 46.9 Å². The molecule has 0 radical (unpaired) electrons. The van der Waals surface area contributed by atoms with Crippen molar-refractivity contribution in [3.63, 3.8) is 0 Å². The number of ether oxygens (including phenoxy) is 4. The maximum absolute atomic E-state index is 14.2. The molecule has 0 fully saturated rings. The molecule has 0 saturated heterocycles. The highest BCUT2D eigenvalue weighted by Crippen LogP contribution is 2.53. The first-order chi connectivity index (χ1) is 16.7. The average Bonchev–Trinajstić information content (AvgIpc) is 3.47. The molecule has 2 aliphatic heterocycles. The van der Waals surface area contributed by atoms with Crippen LogP contribution in [0, 0.1) is 0 Å². The lowest BCUT2D eigenvalue weighted by Gasteiger charge is -2.35. The molecule has 2 N–H and O–H groups in total. The van der Waals surface area contributed by atoms with Gasteiger partial charge in [0.15, 0.2) is 23.0 Å². The zero-order valence-corrected chi connectivity index (χ0v) is 17.4.